The molecule has 1 rings (SSSR count). The lowest BCUT2D eigenvalue weighted by molar-refractivity contribution is -0.351. The van der Waals surface area contributed by atoms with Crippen LogP contribution in [0.3, 0.4) is 0 Å². The van der Waals surface area contributed by atoms with Gasteiger partial charge in [0.05, 0.1) is 6.61 Å². The van der Waals surface area contributed by atoms with E-state index in [0.29, 0.717) is 5.56 Å². The van der Waals surface area contributed by atoms with Crippen LogP contribution in [0.15, 0.2) is 30.3 Å². The van der Waals surface area contributed by atoms with E-state index < -0.39 is 5.97 Å². The highest BCUT2D eigenvalue weighted by molar-refractivity contribution is 5.17. The number of likely N-dealkylation sites (N-methyl/N-ethyl adjacent to an activating group) is 1. The van der Waals surface area contributed by atoms with E-state index in [-0.39, 0.29) is 12.6 Å². The van der Waals surface area contributed by atoms with Crippen LogP contribution in [0.2, 0.25) is 0 Å². The van der Waals surface area contributed by atoms with E-state index in [4.69, 9.17) is 4.74 Å². The van der Waals surface area contributed by atoms with Crippen LogP contribution in [0.5, 0.6) is 0 Å². The van der Waals surface area contributed by atoms with E-state index in [1.165, 1.54) is 0 Å². The van der Waals surface area contributed by atoms with Crippen LogP contribution in [0, 0.1) is 0 Å². The van der Waals surface area contributed by atoms with Gasteiger partial charge in [-0.25, -0.2) is 0 Å². The van der Waals surface area contributed by atoms with Gasteiger partial charge in [0.15, 0.2) is 0 Å². The van der Waals surface area contributed by atoms with Crippen LogP contribution in [0.25, 0.3) is 0 Å². The summed E-state index contributed by atoms with van der Waals surface area (Å²) in [7, 11) is 1.82. The van der Waals surface area contributed by atoms with Gasteiger partial charge >= 0.3 is 5.97 Å². The quantitative estimate of drug-likeness (QED) is 0.627. The second-order valence-electron chi connectivity index (χ2n) is 3.68. The molecular formula is C12H19NO3. The molecule has 1 aromatic rings. The molecule has 0 saturated carbocycles. The molecule has 3 N–H and O–H groups in total. The van der Waals surface area contributed by atoms with Gasteiger partial charge in [0, 0.05) is 11.6 Å². The Balaban J connectivity index is 2.58. The van der Waals surface area contributed by atoms with Crippen LogP contribution < -0.4 is 5.32 Å². The second-order valence-corrected chi connectivity index (χ2v) is 3.68. The number of nitrogens with one attached hydrogen (secondary N) is 1. The summed E-state index contributed by atoms with van der Waals surface area (Å²) in [6.07, 6.45) is 0.862. The molecule has 0 radical (unpaired) electrons. The molecule has 0 bridgehead atoms. The van der Waals surface area contributed by atoms with E-state index >= 15 is 0 Å². The maximum atomic E-state index is 9.73. The molecule has 0 aromatic heterocycles. The summed E-state index contributed by atoms with van der Waals surface area (Å²) in [4.78, 5) is 0. The first-order chi connectivity index (χ1) is 7.60. The molecule has 1 unspecified atom stereocenters. The molecule has 0 fully saturated rings. The Labute approximate surface area is 95.9 Å². The number of benzene rings is 1. The van der Waals surface area contributed by atoms with Crippen molar-refractivity contribution < 1.29 is 14.9 Å². The lowest BCUT2D eigenvalue weighted by Crippen LogP contribution is -2.37. The van der Waals surface area contributed by atoms with Gasteiger partial charge in [0.2, 0.25) is 0 Å². The van der Waals surface area contributed by atoms with Gasteiger partial charge in [-0.1, -0.05) is 37.3 Å². The van der Waals surface area contributed by atoms with Crippen molar-refractivity contribution in [2.24, 2.45) is 0 Å². The summed E-state index contributed by atoms with van der Waals surface area (Å²) in [6.45, 7) is 2.25. The van der Waals surface area contributed by atoms with Gasteiger partial charge in [0.1, 0.15) is 0 Å². The molecule has 0 heterocycles. The van der Waals surface area contributed by atoms with Crippen molar-refractivity contribution in [2.75, 3.05) is 13.7 Å². The maximum Gasteiger partial charge on any atom is 0.306 e. The van der Waals surface area contributed by atoms with Gasteiger partial charge in [0.25, 0.3) is 0 Å². The number of aliphatic hydroxyl groups is 2. The highest BCUT2D eigenvalue weighted by Gasteiger charge is 2.27. The highest BCUT2D eigenvalue weighted by Crippen LogP contribution is 2.19. The minimum atomic E-state index is -2.22. The molecule has 4 nitrogen and oxygen atoms in total. The average molecular weight is 225 g/mol. The zero-order valence-electron chi connectivity index (χ0n) is 9.68. The van der Waals surface area contributed by atoms with Crippen molar-refractivity contribution in [1.29, 1.82) is 0 Å². The van der Waals surface area contributed by atoms with Crippen molar-refractivity contribution in [1.82, 2.24) is 5.32 Å². The molecule has 90 valence electrons. The van der Waals surface area contributed by atoms with Crippen LogP contribution in [0.1, 0.15) is 18.9 Å². The van der Waals surface area contributed by atoms with Crippen LogP contribution in [-0.4, -0.2) is 29.9 Å². The predicted molar refractivity (Wildman–Crippen MR) is 61.6 cm³/mol. The zero-order chi connectivity index (χ0) is 12.0. The average Bonchev–Trinajstić information content (AvgIpc) is 2.31. The van der Waals surface area contributed by atoms with Crippen LogP contribution in [0.4, 0.5) is 0 Å². The number of rotatable bonds is 6. The highest BCUT2D eigenvalue weighted by atomic mass is 16.8. The molecule has 1 aromatic carbocycles. The molecule has 1 atom stereocenters. The Hall–Kier alpha value is -0.940. The van der Waals surface area contributed by atoms with Crippen molar-refractivity contribution in [3.63, 3.8) is 0 Å². The predicted octanol–water partition coefficient (Wildman–Crippen LogP) is 0.796. The smallest absolute Gasteiger partial charge is 0.306 e. The van der Waals surface area contributed by atoms with Gasteiger partial charge in [-0.05, 0) is 13.5 Å². The minimum Gasteiger partial charge on any atom is -0.340 e. The van der Waals surface area contributed by atoms with E-state index in [1.54, 1.807) is 24.3 Å². The third-order valence-electron chi connectivity index (χ3n) is 2.54. The summed E-state index contributed by atoms with van der Waals surface area (Å²) in [5, 5.41) is 22.5. The molecule has 0 aliphatic rings. The topological polar surface area (TPSA) is 61.7 Å². The Kier molecular flexibility index (Phi) is 4.89. The Morgan fingerprint density at radius 2 is 1.94 bits per heavy atom. The fraction of sp³-hybridized carbons (Fsp3) is 0.500. The molecule has 0 aliphatic carbocycles. The molecule has 4 heteroatoms. The normalized spacial score (nSPS) is 13.8. The largest absolute Gasteiger partial charge is 0.340 e. The minimum absolute atomic E-state index is 0.113. The van der Waals surface area contributed by atoms with E-state index in [9.17, 15) is 10.2 Å². The molecule has 0 spiro atoms. The number of hydrogen-bond acceptors (Lipinski definition) is 4. The molecule has 0 amide bonds. The van der Waals surface area contributed by atoms with Gasteiger partial charge in [-0.3, -0.25) is 0 Å². The fourth-order valence-electron chi connectivity index (χ4n) is 1.36. The fourth-order valence-corrected chi connectivity index (χ4v) is 1.36. The first kappa shape index (κ1) is 13.1. The monoisotopic (exact) mass is 225 g/mol. The van der Waals surface area contributed by atoms with Crippen molar-refractivity contribution in [2.45, 2.75) is 25.4 Å². The summed E-state index contributed by atoms with van der Waals surface area (Å²) in [5.41, 5.74) is 0.334. The Bertz CT molecular complexity index is 296. The summed E-state index contributed by atoms with van der Waals surface area (Å²) in [6, 6.07) is 8.61. The lowest BCUT2D eigenvalue weighted by Gasteiger charge is -2.24. The van der Waals surface area contributed by atoms with Crippen LogP contribution in [-0.2, 0) is 10.7 Å². The molecule has 16 heavy (non-hydrogen) atoms. The summed E-state index contributed by atoms with van der Waals surface area (Å²) < 4.78 is 5.11. The number of ether oxygens (including phenoxy) is 1. The molecular weight excluding hydrogens is 206 g/mol. The van der Waals surface area contributed by atoms with Crippen molar-refractivity contribution in [3.05, 3.63) is 35.9 Å². The Morgan fingerprint density at radius 1 is 1.31 bits per heavy atom. The standard InChI is InChI=1S/C12H19NO3/c1-3-11(13-2)9-16-12(14,15)10-7-5-4-6-8-10/h4-8,11,13-15H,3,9H2,1-2H3. The first-order valence-corrected chi connectivity index (χ1v) is 5.41. The van der Waals surface area contributed by atoms with Gasteiger partial charge < -0.3 is 20.3 Å². The van der Waals surface area contributed by atoms with E-state index in [1.807, 2.05) is 20.0 Å². The third-order valence-corrected chi connectivity index (χ3v) is 2.54. The third kappa shape index (κ3) is 3.57. The van der Waals surface area contributed by atoms with E-state index in [0.717, 1.165) is 6.42 Å². The Morgan fingerprint density at radius 3 is 2.44 bits per heavy atom. The lowest BCUT2D eigenvalue weighted by atomic mass is 10.2. The van der Waals surface area contributed by atoms with Crippen molar-refractivity contribution >= 4 is 0 Å². The van der Waals surface area contributed by atoms with Gasteiger partial charge in [-0.15, -0.1) is 0 Å². The first-order valence-electron chi connectivity index (χ1n) is 5.41. The molecule has 0 saturated heterocycles. The second kappa shape index (κ2) is 5.96. The SMILES string of the molecule is CCC(COC(O)(O)c1ccccc1)NC. The van der Waals surface area contributed by atoms with Crippen molar-refractivity contribution in [3.8, 4) is 0 Å². The maximum absolute atomic E-state index is 9.73. The van der Waals surface area contributed by atoms with E-state index in [2.05, 4.69) is 5.32 Å². The zero-order valence-corrected chi connectivity index (χ0v) is 9.68. The van der Waals surface area contributed by atoms with Gasteiger partial charge in [-0.2, -0.15) is 0 Å². The molecule has 0 aliphatic heterocycles. The van der Waals surface area contributed by atoms with Crippen LogP contribution >= 0.6 is 0 Å². The summed E-state index contributed by atoms with van der Waals surface area (Å²) in [5.74, 6) is -2.22. The summed E-state index contributed by atoms with van der Waals surface area (Å²) >= 11 is 0. The number of hydrogen-bond donors (Lipinski definition) is 3.